The Morgan fingerprint density at radius 3 is 2.95 bits per heavy atom. The van der Waals surface area contributed by atoms with Crippen molar-refractivity contribution in [3.8, 4) is 0 Å². The predicted molar refractivity (Wildman–Crippen MR) is 75.7 cm³/mol. The Hall–Kier alpha value is -1.33. The molecule has 5 nitrogen and oxygen atoms in total. The van der Waals surface area contributed by atoms with E-state index in [1.807, 2.05) is 0 Å². The van der Waals surface area contributed by atoms with Crippen molar-refractivity contribution in [3.63, 3.8) is 0 Å². The van der Waals surface area contributed by atoms with Gasteiger partial charge >= 0.3 is 5.69 Å². The second kappa shape index (κ2) is 6.21. The normalized spacial score (nSPS) is 11.3. The maximum absolute atomic E-state index is 12.0. The summed E-state index contributed by atoms with van der Waals surface area (Å²) in [5, 5.41) is 9.63. The van der Waals surface area contributed by atoms with E-state index in [1.165, 1.54) is 6.20 Å². The SMILES string of the molecule is CCCCCn1c(=O)[nH]c2ncc(Cl)c(CCO)c21. The van der Waals surface area contributed by atoms with E-state index >= 15 is 0 Å². The number of aromatic amines is 1. The number of hydrogen-bond donors (Lipinski definition) is 2. The van der Waals surface area contributed by atoms with Crippen molar-refractivity contribution in [2.45, 2.75) is 39.2 Å². The number of nitrogens with zero attached hydrogens (tertiary/aromatic N) is 2. The van der Waals surface area contributed by atoms with Gasteiger partial charge < -0.3 is 5.11 Å². The van der Waals surface area contributed by atoms with Gasteiger partial charge in [-0.3, -0.25) is 9.55 Å². The summed E-state index contributed by atoms with van der Waals surface area (Å²) in [7, 11) is 0. The van der Waals surface area contributed by atoms with Crippen molar-refractivity contribution >= 4 is 22.8 Å². The highest BCUT2D eigenvalue weighted by atomic mass is 35.5. The van der Waals surface area contributed by atoms with E-state index in [0.717, 1.165) is 30.3 Å². The maximum Gasteiger partial charge on any atom is 0.327 e. The summed E-state index contributed by atoms with van der Waals surface area (Å²) >= 11 is 6.12. The molecule has 0 aliphatic rings. The van der Waals surface area contributed by atoms with Crippen molar-refractivity contribution in [1.82, 2.24) is 14.5 Å². The van der Waals surface area contributed by atoms with Crippen LogP contribution in [0.1, 0.15) is 31.7 Å². The lowest BCUT2D eigenvalue weighted by atomic mass is 10.1. The van der Waals surface area contributed by atoms with E-state index in [0.29, 0.717) is 23.6 Å². The van der Waals surface area contributed by atoms with Gasteiger partial charge in [-0.15, -0.1) is 0 Å². The van der Waals surface area contributed by atoms with E-state index in [1.54, 1.807) is 4.57 Å². The molecule has 0 fully saturated rings. The minimum Gasteiger partial charge on any atom is -0.396 e. The van der Waals surface area contributed by atoms with E-state index in [9.17, 15) is 4.79 Å². The lowest BCUT2D eigenvalue weighted by Gasteiger charge is -2.08. The molecule has 0 amide bonds. The van der Waals surface area contributed by atoms with Gasteiger partial charge in [0.05, 0.1) is 10.5 Å². The van der Waals surface area contributed by atoms with Crippen LogP contribution in [0.2, 0.25) is 5.02 Å². The number of imidazole rings is 1. The monoisotopic (exact) mass is 283 g/mol. The van der Waals surface area contributed by atoms with Gasteiger partial charge in [-0.2, -0.15) is 0 Å². The molecule has 0 unspecified atom stereocenters. The Bertz CT molecular complexity index is 618. The zero-order valence-corrected chi connectivity index (χ0v) is 11.7. The first-order chi connectivity index (χ1) is 9.19. The van der Waals surface area contributed by atoms with Crippen LogP contribution in [0.15, 0.2) is 11.0 Å². The zero-order chi connectivity index (χ0) is 13.8. The van der Waals surface area contributed by atoms with Gasteiger partial charge in [0.15, 0.2) is 5.65 Å². The number of H-pyrrole nitrogens is 1. The van der Waals surface area contributed by atoms with Crippen LogP contribution in [-0.2, 0) is 13.0 Å². The molecule has 104 valence electrons. The van der Waals surface area contributed by atoms with Crippen LogP contribution < -0.4 is 5.69 Å². The number of pyridine rings is 1. The highest BCUT2D eigenvalue weighted by molar-refractivity contribution is 6.32. The second-order valence-corrected chi connectivity index (χ2v) is 4.95. The lowest BCUT2D eigenvalue weighted by molar-refractivity contribution is 0.300. The number of aromatic nitrogens is 3. The average Bonchev–Trinajstić information content (AvgIpc) is 2.70. The number of halogens is 1. The molecule has 0 aromatic carbocycles. The molecule has 2 aromatic rings. The van der Waals surface area contributed by atoms with Crippen LogP contribution in [0, 0.1) is 0 Å². The van der Waals surface area contributed by atoms with E-state index in [4.69, 9.17) is 16.7 Å². The summed E-state index contributed by atoms with van der Waals surface area (Å²) in [6.07, 6.45) is 5.04. The maximum atomic E-state index is 12.0. The molecule has 19 heavy (non-hydrogen) atoms. The molecule has 2 rings (SSSR count). The van der Waals surface area contributed by atoms with Crippen LogP contribution in [0.25, 0.3) is 11.2 Å². The number of rotatable bonds is 6. The second-order valence-electron chi connectivity index (χ2n) is 4.54. The van der Waals surface area contributed by atoms with Crippen molar-refractivity contribution in [2.24, 2.45) is 0 Å². The molecule has 0 aliphatic carbocycles. The lowest BCUT2D eigenvalue weighted by Crippen LogP contribution is -2.17. The van der Waals surface area contributed by atoms with Crippen molar-refractivity contribution < 1.29 is 5.11 Å². The molecule has 2 N–H and O–H groups in total. The van der Waals surface area contributed by atoms with Gasteiger partial charge in [0.25, 0.3) is 0 Å². The molecule has 2 heterocycles. The molecule has 0 spiro atoms. The van der Waals surface area contributed by atoms with Gasteiger partial charge in [0.1, 0.15) is 0 Å². The summed E-state index contributed by atoms with van der Waals surface area (Å²) < 4.78 is 1.68. The minimum atomic E-state index is -0.167. The Morgan fingerprint density at radius 1 is 1.47 bits per heavy atom. The van der Waals surface area contributed by atoms with Crippen LogP contribution in [0.4, 0.5) is 0 Å². The largest absolute Gasteiger partial charge is 0.396 e. The van der Waals surface area contributed by atoms with Crippen molar-refractivity contribution in [3.05, 3.63) is 27.3 Å². The van der Waals surface area contributed by atoms with E-state index < -0.39 is 0 Å². The highest BCUT2D eigenvalue weighted by Crippen LogP contribution is 2.23. The fourth-order valence-corrected chi connectivity index (χ4v) is 2.48. The van der Waals surface area contributed by atoms with E-state index in [-0.39, 0.29) is 12.3 Å². The van der Waals surface area contributed by atoms with E-state index in [2.05, 4.69) is 16.9 Å². The Morgan fingerprint density at radius 2 is 2.26 bits per heavy atom. The average molecular weight is 284 g/mol. The first kappa shape index (κ1) is 14.1. The third-order valence-corrected chi connectivity index (χ3v) is 3.52. The summed E-state index contributed by atoms with van der Waals surface area (Å²) in [5.74, 6) is 0. The Kier molecular flexibility index (Phi) is 4.61. The number of aryl methyl sites for hydroxylation is 1. The predicted octanol–water partition coefficient (Wildman–Crippen LogP) is 2.10. The van der Waals surface area contributed by atoms with Gasteiger partial charge in [-0.25, -0.2) is 9.78 Å². The van der Waals surface area contributed by atoms with Crippen molar-refractivity contribution in [2.75, 3.05) is 6.61 Å². The number of hydrogen-bond acceptors (Lipinski definition) is 3. The highest BCUT2D eigenvalue weighted by Gasteiger charge is 2.14. The summed E-state index contributed by atoms with van der Waals surface area (Å²) in [6.45, 7) is 2.76. The number of aliphatic hydroxyl groups is 1. The fraction of sp³-hybridized carbons (Fsp3) is 0.538. The molecule has 0 atom stereocenters. The number of nitrogens with one attached hydrogen (secondary N) is 1. The number of fused-ring (bicyclic) bond motifs is 1. The topological polar surface area (TPSA) is 70.9 Å². The minimum absolute atomic E-state index is 0.00678. The first-order valence-corrected chi connectivity index (χ1v) is 6.93. The smallest absolute Gasteiger partial charge is 0.327 e. The number of aliphatic hydroxyl groups excluding tert-OH is 1. The van der Waals surface area contributed by atoms with Crippen LogP contribution in [0.3, 0.4) is 0 Å². The summed E-state index contributed by atoms with van der Waals surface area (Å²) in [5.41, 5.74) is 1.88. The summed E-state index contributed by atoms with van der Waals surface area (Å²) in [6, 6.07) is 0. The molecule has 2 aromatic heterocycles. The quantitative estimate of drug-likeness (QED) is 0.798. The van der Waals surface area contributed by atoms with Gasteiger partial charge in [0, 0.05) is 24.9 Å². The Labute approximate surface area is 116 Å². The van der Waals surface area contributed by atoms with Crippen LogP contribution in [0.5, 0.6) is 0 Å². The Balaban J connectivity index is 2.51. The van der Waals surface area contributed by atoms with Gasteiger partial charge in [-0.05, 0) is 12.8 Å². The van der Waals surface area contributed by atoms with Crippen molar-refractivity contribution in [1.29, 1.82) is 0 Å². The molecule has 6 heteroatoms. The van der Waals surface area contributed by atoms with Crippen LogP contribution >= 0.6 is 11.6 Å². The first-order valence-electron chi connectivity index (χ1n) is 6.55. The van der Waals surface area contributed by atoms with Crippen LogP contribution in [-0.4, -0.2) is 26.2 Å². The molecule has 0 saturated heterocycles. The molecule has 0 saturated carbocycles. The molecule has 0 radical (unpaired) electrons. The fourth-order valence-electron chi connectivity index (χ4n) is 2.25. The standard InChI is InChI=1S/C13H18ClN3O2/c1-2-3-4-6-17-11-9(5-7-18)10(14)8-15-12(11)16-13(17)19/h8,18H,2-7H2,1H3,(H,15,16,19). The zero-order valence-electron chi connectivity index (χ0n) is 10.9. The van der Waals surface area contributed by atoms with Gasteiger partial charge in [0.2, 0.25) is 0 Å². The number of unbranched alkanes of at least 4 members (excludes halogenated alkanes) is 2. The third kappa shape index (κ3) is 2.82. The molecule has 0 aliphatic heterocycles. The third-order valence-electron chi connectivity index (χ3n) is 3.19. The van der Waals surface area contributed by atoms with Gasteiger partial charge in [-0.1, -0.05) is 31.4 Å². The summed E-state index contributed by atoms with van der Waals surface area (Å²) in [4.78, 5) is 18.8. The molecule has 0 bridgehead atoms. The molecular weight excluding hydrogens is 266 g/mol. The molecular formula is C13H18ClN3O2.